The Balaban J connectivity index is 1.97. The van der Waals surface area contributed by atoms with Crippen LogP contribution in [0.4, 0.5) is 0 Å². The smallest absolute Gasteiger partial charge is 0.182 e. The standard InChI is InChI=1S/C9H14N2O2/c1-8(6-10)11-3-2-9(7-11)12-4-5-13-9/h8H,2-5,7H2,1H3. The van der Waals surface area contributed by atoms with E-state index in [1.165, 1.54) is 0 Å². The van der Waals surface area contributed by atoms with Gasteiger partial charge in [-0.3, -0.25) is 4.90 Å². The van der Waals surface area contributed by atoms with E-state index in [9.17, 15) is 0 Å². The third-order valence-electron chi connectivity index (χ3n) is 2.77. The normalized spacial score (nSPS) is 29.2. The first-order chi connectivity index (χ1) is 6.26. The largest absolute Gasteiger partial charge is 0.346 e. The number of nitrogens with zero attached hydrogens (tertiary/aromatic N) is 2. The van der Waals surface area contributed by atoms with Crippen LogP contribution in [0.5, 0.6) is 0 Å². The molecule has 1 spiro atoms. The molecular weight excluding hydrogens is 168 g/mol. The van der Waals surface area contributed by atoms with Gasteiger partial charge >= 0.3 is 0 Å². The Hall–Kier alpha value is -0.630. The Labute approximate surface area is 78.0 Å². The zero-order chi connectivity index (χ0) is 9.31. The Morgan fingerprint density at radius 1 is 1.46 bits per heavy atom. The Morgan fingerprint density at radius 3 is 2.77 bits per heavy atom. The average molecular weight is 182 g/mol. The lowest BCUT2D eigenvalue weighted by Gasteiger charge is -2.23. The summed E-state index contributed by atoms with van der Waals surface area (Å²) in [4.78, 5) is 2.10. The van der Waals surface area contributed by atoms with Crippen molar-refractivity contribution in [3.05, 3.63) is 0 Å². The van der Waals surface area contributed by atoms with Gasteiger partial charge in [-0.1, -0.05) is 0 Å². The van der Waals surface area contributed by atoms with Crippen LogP contribution in [0.2, 0.25) is 0 Å². The molecule has 2 fully saturated rings. The summed E-state index contributed by atoms with van der Waals surface area (Å²) in [6.45, 7) is 4.92. The summed E-state index contributed by atoms with van der Waals surface area (Å²) in [6, 6.07) is 2.19. The van der Waals surface area contributed by atoms with Crippen LogP contribution in [-0.2, 0) is 9.47 Å². The maximum atomic E-state index is 8.75. The van der Waals surface area contributed by atoms with Gasteiger partial charge in [-0.2, -0.15) is 5.26 Å². The van der Waals surface area contributed by atoms with Crippen LogP contribution in [0, 0.1) is 11.3 Å². The Bertz CT molecular complexity index is 230. The molecule has 0 saturated carbocycles. The van der Waals surface area contributed by atoms with Crippen LogP contribution in [0.1, 0.15) is 13.3 Å². The van der Waals surface area contributed by atoms with E-state index in [0.29, 0.717) is 13.2 Å². The summed E-state index contributed by atoms with van der Waals surface area (Å²) in [7, 11) is 0. The first kappa shape index (κ1) is 8.95. The minimum atomic E-state index is -0.384. The minimum Gasteiger partial charge on any atom is -0.346 e. The maximum Gasteiger partial charge on any atom is 0.182 e. The quantitative estimate of drug-likeness (QED) is 0.587. The van der Waals surface area contributed by atoms with Crippen molar-refractivity contribution in [1.29, 1.82) is 5.26 Å². The lowest BCUT2D eigenvalue weighted by molar-refractivity contribution is -0.145. The van der Waals surface area contributed by atoms with E-state index in [1.807, 2.05) is 6.92 Å². The van der Waals surface area contributed by atoms with Gasteiger partial charge in [0.25, 0.3) is 0 Å². The van der Waals surface area contributed by atoms with E-state index in [1.54, 1.807) is 0 Å². The number of hydrogen-bond acceptors (Lipinski definition) is 4. The second-order valence-electron chi connectivity index (χ2n) is 3.63. The van der Waals surface area contributed by atoms with E-state index < -0.39 is 0 Å². The highest BCUT2D eigenvalue weighted by molar-refractivity contribution is 4.96. The van der Waals surface area contributed by atoms with Crippen LogP contribution in [0.3, 0.4) is 0 Å². The summed E-state index contributed by atoms with van der Waals surface area (Å²) < 4.78 is 11.1. The number of nitriles is 1. The van der Waals surface area contributed by atoms with Crippen LogP contribution >= 0.6 is 0 Å². The molecule has 72 valence electrons. The van der Waals surface area contributed by atoms with Crippen molar-refractivity contribution in [3.8, 4) is 6.07 Å². The molecule has 2 saturated heterocycles. The van der Waals surface area contributed by atoms with Crippen molar-refractivity contribution in [3.63, 3.8) is 0 Å². The number of ether oxygens (including phenoxy) is 2. The van der Waals surface area contributed by atoms with Gasteiger partial charge in [0, 0.05) is 13.0 Å². The van der Waals surface area contributed by atoms with Gasteiger partial charge in [0.1, 0.15) is 0 Å². The van der Waals surface area contributed by atoms with E-state index in [2.05, 4.69) is 11.0 Å². The van der Waals surface area contributed by atoms with Crippen molar-refractivity contribution in [2.24, 2.45) is 0 Å². The predicted octanol–water partition coefficient (Wildman–Crippen LogP) is 0.347. The SMILES string of the molecule is CC(C#N)N1CCC2(C1)OCCO2. The van der Waals surface area contributed by atoms with E-state index in [-0.39, 0.29) is 11.8 Å². The van der Waals surface area contributed by atoms with Gasteiger partial charge in [-0.15, -0.1) is 0 Å². The highest BCUT2D eigenvalue weighted by Crippen LogP contribution is 2.31. The zero-order valence-electron chi connectivity index (χ0n) is 7.82. The number of rotatable bonds is 1. The number of likely N-dealkylation sites (tertiary alicyclic amines) is 1. The molecule has 2 rings (SSSR count). The minimum absolute atomic E-state index is 0.0350. The second-order valence-corrected chi connectivity index (χ2v) is 3.63. The van der Waals surface area contributed by atoms with E-state index >= 15 is 0 Å². The first-order valence-electron chi connectivity index (χ1n) is 4.67. The molecule has 0 aromatic carbocycles. The summed E-state index contributed by atoms with van der Waals surface area (Å²) in [5.74, 6) is -0.384. The molecule has 1 atom stereocenters. The molecule has 13 heavy (non-hydrogen) atoms. The lowest BCUT2D eigenvalue weighted by atomic mass is 10.2. The van der Waals surface area contributed by atoms with Gasteiger partial charge in [0.15, 0.2) is 5.79 Å². The molecular formula is C9H14N2O2. The van der Waals surface area contributed by atoms with E-state index in [4.69, 9.17) is 14.7 Å². The summed E-state index contributed by atoms with van der Waals surface area (Å²) >= 11 is 0. The molecule has 0 amide bonds. The molecule has 2 aliphatic heterocycles. The van der Waals surface area contributed by atoms with Crippen LogP contribution in [0.15, 0.2) is 0 Å². The third-order valence-corrected chi connectivity index (χ3v) is 2.77. The fraction of sp³-hybridized carbons (Fsp3) is 0.889. The molecule has 0 radical (unpaired) electrons. The van der Waals surface area contributed by atoms with Gasteiger partial charge in [-0.25, -0.2) is 0 Å². The van der Waals surface area contributed by atoms with Crippen molar-refractivity contribution in [2.45, 2.75) is 25.2 Å². The second kappa shape index (κ2) is 3.26. The highest BCUT2D eigenvalue weighted by Gasteiger charge is 2.44. The Morgan fingerprint density at radius 2 is 2.15 bits per heavy atom. The van der Waals surface area contributed by atoms with Crippen molar-refractivity contribution in [1.82, 2.24) is 4.90 Å². The molecule has 0 aromatic heterocycles. The van der Waals surface area contributed by atoms with Crippen LogP contribution in [-0.4, -0.2) is 43.0 Å². The summed E-state index contributed by atoms with van der Waals surface area (Å²) in [6.07, 6.45) is 0.888. The monoisotopic (exact) mass is 182 g/mol. The lowest BCUT2D eigenvalue weighted by Crippen LogP contribution is -2.37. The fourth-order valence-electron chi connectivity index (χ4n) is 1.93. The molecule has 4 heteroatoms. The molecule has 0 aliphatic carbocycles. The van der Waals surface area contributed by atoms with Gasteiger partial charge < -0.3 is 9.47 Å². The molecule has 0 aromatic rings. The topological polar surface area (TPSA) is 45.5 Å². The van der Waals surface area contributed by atoms with E-state index in [0.717, 1.165) is 19.5 Å². The summed E-state index contributed by atoms with van der Waals surface area (Å²) in [5.41, 5.74) is 0. The van der Waals surface area contributed by atoms with Gasteiger partial charge in [0.05, 0.1) is 31.9 Å². The van der Waals surface area contributed by atoms with Crippen LogP contribution in [0.25, 0.3) is 0 Å². The van der Waals surface area contributed by atoms with Gasteiger partial charge in [-0.05, 0) is 6.92 Å². The first-order valence-corrected chi connectivity index (χ1v) is 4.67. The number of hydrogen-bond donors (Lipinski definition) is 0. The Kier molecular flexibility index (Phi) is 2.24. The molecule has 2 heterocycles. The highest BCUT2D eigenvalue weighted by atomic mass is 16.7. The zero-order valence-corrected chi connectivity index (χ0v) is 7.82. The summed E-state index contributed by atoms with van der Waals surface area (Å²) in [5, 5.41) is 8.75. The molecule has 2 aliphatic rings. The van der Waals surface area contributed by atoms with Crippen molar-refractivity contribution < 1.29 is 9.47 Å². The van der Waals surface area contributed by atoms with Gasteiger partial charge in [0.2, 0.25) is 0 Å². The molecule has 0 N–H and O–H groups in total. The molecule has 1 unspecified atom stereocenters. The molecule has 0 bridgehead atoms. The van der Waals surface area contributed by atoms with Crippen molar-refractivity contribution in [2.75, 3.05) is 26.3 Å². The maximum absolute atomic E-state index is 8.75. The predicted molar refractivity (Wildman–Crippen MR) is 45.9 cm³/mol. The average Bonchev–Trinajstić information content (AvgIpc) is 2.76. The molecule has 4 nitrogen and oxygen atoms in total. The third kappa shape index (κ3) is 1.55. The fourth-order valence-corrected chi connectivity index (χ4v) is 1.93. The van der Waals surface area contributed by atoms with Crippen LogP contribution < -0.4 is 0 Å². The van der Waals surface area contributed by atoms with Crippen molar-refractivity contribution >= 4 is 0 Å².